The van der Waals surface area contributed by atoms with Crippen LogP contribution in [-0.4, -0.2) is 16.1 Å². The molecule has 0 amide bonds. The van der Waals surface area contributed by atoms with Crippen molar-refractivity contribution >= 4 is 5.82 Å². The number of anilines is 1. The van der Waals surface area contributed by atoms with Gasteiger partial charge in [0.1, 0.15) is 11.6 Å². The monoisotopic (exact) mass is 229 g/mol. The fourth-order valence-electron chi connectivity index (χ4n) is 1.49. The highest BCUT2D eigenvalue weighted by Gasteiger charge is 2.04. The number of nitrogens with two attached hydrogens (primary N) is 1. The molecule has 0 fully saturated rings. The van der Waals surface area contributed by atoms with E-state index in [1.165, 1.54) is 0 Å². The SMILES string of the molecule is CC(C)Oc1cccc(-c2nccc(N)n2)c1. The standard InChI is InChI=1S/C13H15N3O/c1-9(2)17-11-5-3-4-10(8-11)13-15-7-6-12(14)16-13/h3-9H,1-2H3,(H2,14,15,16). The van der Waals surface area contributed by atoms with Crippen LogP contribution in [0.2, 0.25) is 0 Å². The number of benzene rings is 1. The Hall–Kier alpha value is -2.10. The minimum Gasteiger partial charge on any atom is -0.491 e. The van der Waals surface area contributed by atoms with E-state index >= 15 is 0 Å². The second kappa shape index (κ2) is 4.82. The first-order valence-corrected chi connectivity index (χ1v) is 5.51. The molecule has 0 radical (unpaired) electrons. The van der Waals surface area contributed by atoms with Crippen LogP contribution in [0.4, 0.5) is 5.82 Å². The quantitative estimate of drug-likeness (QED) is 0.878. The Kier molecular flexibility index (Phi) is 3.23. The van der Waals surface area contributed by atoms with Gasteiger partial charge in [0.15, 0.2) is 5.82 Å². The molecule has 0 spiro atoms. The van der Waals surface area contributed by atoms with Crippen LogP contribution in [0.5, 0.6) is 5.75 Å². The Morgan fingerprint density at radius 2 is 2.06 bits per heavy atom. The molecule has 4 heteroatoms. The van der Waals surface area contributed by atoms with E-state index in [1.807, 2.05) is 38.1 Å². The zero-order chi connectivity index (χ0) is 12.3. The maximum absolute atomic E-state index is 5.63. The third-order valence-corrected chi connectivity index (χ3v) is 2.14. The predicted molar refractivity (Wildman–Crippen MR) is 67.6 cm³/mol. The van der Waals surface area contributed by atoms with Crippen molar-refractivity contribution in [2.75, 3.05) is 5.73 Å². The average Bonchev–Trinajstić information content (AvgIpc) is 2.28. The Balaban J connectivity index is 2.33. The van der Waals surface area contributed by atoms with Gasteiger partial charge in [-0.05, 0) is 32.0 Å². The summed E-state index contributed by atoms with van der Waals surface area (Å²) in [4.78, 5) is 8.36. The summed E-state index contributed by atoms with van der Waals surface area (Å²) < 4.78 is 5.62. The van der Waals surface area contributed by atoms with Crippen molar-refractivity contribution in [2.24, 2.45) is 0 Å². The first-order chi connectivity index (χ1) is 8.15. The van der Waals surface area contributed by atoms with Crippen LogP contribution in [0.15, 0.2) is 36.5 Å². The van der Waals surface area contributed by atoms with E-state index in [9.17, 15) is 0 Å². The molecule has 0 unspecified atom stereocenters. The molecule has 2 N–H and O–H groups in total. The molecule has 17 heavy (non-hydrogen) atoms. The lowest BCUT2D eigenvalue weighted by Gasteiger charge is -2.10. The molecule has 0 aliphatic heterocycles. The summed E-state index contributed by atoms with van der Waals surface area (Å²) in [5.74, 6) is 1.88. The van der Waals surface area contributed by atoms with Crippen LogP contribution in [0.25, 0.3) is 11.4 Å². The summed E-state index contributed by atoms with van der Waals surface area (Å²) in [5, 5.41) is 0. The molecule has 2 rings (SSSR count). The fourth-order valence-corrected chi connectivity index (χ4v) is 1.49. The van der Waals surface area contributed by atoms with Crippen LogP contribution in [0, 0.1) is 0 Å². The van der Waals surface area contributed by atoms with Gasteiger partial charge in [-0.15, -0.1) is 0 Å². The summed E-state index contributed by atoms with van der Waals surface area (Å²) in [6.45, 7) is 3.98. The van der Waals surface area contributed by atoms with E-state index in [4.69, 9.17) is 10.5 Å². The van der Waals surface area contributed by atoms with Crippen molar-refractivity contribution in [3.05, 3.63) is 36.5 Å². The van der Waals surface area contributed by atoms with Crippen LogP contribution in [0.3, 0.4) is 0 Å². The van der Waals surface area contributed by atoms with Gasteiger partial charge in [-0.1, -0.05) is 12.1 Å². The van der Waals surface area contributed by atoms with E-state index < -0.39 is 0 Å². The fraction of sp³-hybridized carbons (Fsp3) is 0.231. The third kappa shape index (κ3) is 2.93. The second-order valence-electron chi connectivity index (χ2n) is 4.00. The van der Waals surface area contributed by atoms with Gasteiger partial charge in [0.25, 0.3) is 0 Å². The highest BCUT2D eigenvalue weighted by Crippen LogP contribution is 2.21. The largest absolute Gasteiger partial charge is 0.491 e. The highest BCUT2D eigenvalue weighted by molar-refractivity contribution is 5.58. The van der Waals surface area contributed by atoms with Crippen molar-refractivity contribution < 1.29 is 4.74 Å². The van der Waals surface area contributed by atoms with Gasteiger partial charge in [0.05, 0.1) is 6.10 Å². The van der Waals surface area contributed by atoms with E-state index in [1.54, 1.807) is 12.3 Å². The molecule has 1 heterocycles. The molecule has 0 saturated carbocycles. The lowest BCUT2D eigenvalue weighted by molar-refractivity contribution is 0.242. The van der Waals surface area contributed by atoms with Gasteiger partial charge in [-0.25, -0.2) is 9.97 Å². The van der Waals surface area contributed by atoms with E-state index in [0.29, 0.717) is 11.6 Å². The van der Waals surface area contributed by atoms with Gasteiger partial charge < -0.3 is 10.5 Å². The first kappa shape index (κ1) is 11.4. The number of hydrogen-bond acceptors (Lipinski definition) is 4. The number of ether oxygens (including phenoxy) is 1. The van der Waals surface area contributed by atoms with Crippen LogP contribution in [0.1, 0.15) is 13.8 Å². The molecule has 4 nitrogen and oxygen atoms in total. The first-order valence-electron chi connectivity index (χ1n) is 5.51. The van der Waals surface area contributed by atoms with Gasteiger partial charge in [-0.2, -0.15) is 0 Å². The van der Waals surface area contributed by atoms with Crippen LogP contribution >= 0.6 is 0 Å². The predicted octanol–water partition coefficient (Wildman–Crippen LogP) is 2.51. The molecule has 0 aliphatic carbocycles. The molecule has 2 aromatic rings. The third-order valence-electron chi connectivity index (χ3n) is 2.14. The van der Waals surface area contributed by atoms with Gasteiger partial charge in [0.2, 0.25) is 0 Å². The normalized spacial score (nSPS) is 10.5. The Labute approximate surface area is 100 Å². The topological polar surface area (TPSA) is 61.0 Å². The van der Waals surface area contributed by atoms with Crippen molar-refractivity contribution in [2.45, 2.75) is 20.0 Å². The molecule has 1 aromatic carbocycles. The minimum absolute atomic E-state index is 0.145. The van der Waals surface area contributed by atoms with Crippen LogP contribution in [-0.2, 0) is 0 Å². The van der Waals surface area contributed by atoms with Gasteiger partial charge in [0, 0.05) is 11.8 Å². The molecule has 88 valence electrons. The smallest absolute Gasteiger partial charge is 0.161 e. The molecular formula is C13H15N3O. The van der Waals surface area contributed by atoms with E-state index in [2.05, 4.69) is 9.97 Å². The number of nitrogen functional groups attached to an aromatic ring is 1. The zero-order valence-corrected chi connectivity index (χ0v) is 9.92. The zero-order valence-electron chi connectivity index (χ0n) is 9.92. The number of rotatable bonds is 3. The molecule has 0 aliphatic rings. The second-order valence-corrected chi connectivity index (χ2v) is 4.00. The van der Waals surface area contributed by atoms with Gasteiger partial charge in [-0.3, -0.25) is 0 Å². The Bertz CT molecular complexity index is 512. The number of hydrogen-bond donors (Lipinski definition) is 1. The molecular weight excluding hydrogens is 214 g/mol. The van der Waals surface area contributed by atoms with Crippen molar-refractivity contribution in [1.82, 2.24) is 9.97 Å². The summed E-state index contributed by atoms with van der Waals surface area (Å²) in [7, 11) is 0. The molecule has 1 aromatic heterocycles. The van der Waals surface area contributed by atoms with Crippen molar-refractivity contribution in [3.8, 4) is 17.1 Å². The summed E-state index contributed by atoms with van der Waals surface area (Å²) in [6.07, 6.45) is 1.79. The van der Waals surface area contributed by atoms with Gasteiger partial charge >= 0.3 is 0 Å². The average molecular weight is 229 g/mol. The maximum Gasteiger partial charge on any atom is 0.161 e. The lowest BCUT2D eigenvalue weighted by Crippen LogP contribution is -2.05. The molecule has 0 saturated heterocycles. The lowest BCUT2D eigenvalue weighted by atomic mass is 10.2. The Morgan fingerprint density at radius 1 is 1.24 bits per heavy atom. The minimum atomic E-state index is 0.145. The maximum atomic E-state index is 5.63. The van der Waals surface area contributed by atoms with E-state index in [-0.39, 0.29) is 6.10 Å². The summed E-state index contributed by atoms with van der Waals surface area (Å²) in [6, 6.07) is 9.34. The highest BCUT2D eigenvalue weighted by atomic mass is 16.5. The Morgan fingerprint density at radius 3 is 2.76 bits per heavy atom. The summed E-state index contributed by atoms with van der Waals surface area (Å²) in [5.41, 5.74) is 6.53. The van der Waals surface area contributed by atoms with Crippen molar-refractivity contribution in [1.29, 1.82) is 0 Å². The van der Waals surface area contributed by atoms with E-state index in [0.717, 1.165) is 11.3 Å². The summed E-state index contributed by atoms with van der Waals surface area (Å²) >= 11 is 0. The number of nitrogens with zero attached hydrogens (tertiary/aromatic N) is 2. The molecule has 0 bridgehead atoms. The molecule has 0 atom stereocenters. The van der Waals surface area contributed by atoms with Crippen molar-refractivity contribution in [3.63, 3.8) is 0 Å². The number of aromatic nitrogens is 2. The van der Waals surface area contributed by atoms with Crippen LogP contribution < -0.4 is 10.5 Å².